The zero-order valence-corrected chi connectivity index (χ0v) is 16.1. The minimum absolute atomic E-state index is 0.0148. The molecule has 0 saturated carbocycles. The predicted octanol–water partition coefficient (Wildman–Crippen LogP) is 3.93. The van der Waals surface area contributed by atoms with Gasteiger partial charge in [0.1, 0.15) is 11.5 Å². The third-order valence-corrected chi connectivity index (χ3v) is 4.99. The summed E-state index contributed by atoms with van der Waals surface area (Å²) in [6.45, 7) is 0.457. The van der Waals surface area contributed by atoms with E-state index in [2.05, 4.69) is 10.1 Å². The Morgan fingerprint density at radius 2 is 2.04 bits per heavy atom. The zero-order valence-electron chi connectivity index (χ0n) is 15.4. The molecule has 1 atom stereocenters. The summed E-state index contributed by atoms with van der Waals surface area (Å²) in [4.78, 5) is 18.7. The highest BCUT2D eigenvalue weighted by molar-refractivity contribution is 6.32. The highest BCUT2D eigenvalue weighted by Gasteiger charge is 2.35. The first-order valence-electron chi connectivity index (χ1n) is 8.71. The van der Waals surface area contributed by atoms with Gasteiger partial charge >= 0.3 is 0 Å². The molecule has 4 rings (SSSR count). The van der Waals surface area contributed by atoms with E-state index in [-0.39, 0.29) is 11.8 Å². The van der Waals surface area contributed by atoms with Crippen molar-refractivity contribution in [2.75, 3.05) is 25.7 Å². The van der Waals surface area contributed by atoms with Crippen molar-refractivity contribution in [3.63, 3.8) is 0 Å². The second-order valence-electron chi connectivity index (χ2n) is 6.41. The molecule has 0 N–H and O–H groups in total. The summed E-state index contributed by atoms with van der Waals surface area (Å²) < 4.78 is 15.8. The summed E-state index contributed by atoms with van der Waals surface area (Å²) in [6, 6.07) is 12.7. The molecule has 2 aromatic carbocycles. The van der Waals surface area contributed by atoms with Crippen LogP contribution < -0.4 is 14.4 Å². The summed E-state index contributed by atoms with van der Waals surface area (Å²) in [5, 5.41) is 4.54. The van der Waals surface area contributed by atoms with Crippen molar-refractivity contribution in [3.05, 3.63) is 53.3 Å². The van der Waals surface area contributed by atoms with Gasteiger partial charge in [-0.3, -0.25) is 4.79 Å². The zero-order chi connectivity index (χ0) is 19.7. The molecular formula is C20H18ClN3O4. The fraction of sp³-hybridized carbons (Fsp3) is 0.250. The van der Waals surface area contributed by atoms with Crippen LogP contribution in [0.25, 0.3) is 11.5 Å². The summed E-state index contributed by atoms with van der Waals surface area (Å²) >= 11 is 6.19. The molecule has 0 bridgehead atoms. The molecule has 3 aromatic rings. The van der Waals surface area contributed by atoms with E-state index in [1.165, 1.54) is 0 Å². The first-order chi connectivity index (χ1) is 13.6. The van der Waals surface area contributed by atoms with E-state index >= 15 is 0 Å². The van der Waals surface area contributed by atoms with Gasteiger partial charge in [-0.15, -0.1) is 0 Å². The Bertz CT molecular complexity index is 1020. The molecule has 1 aliphatic heterocycles. The number of hydrogen-bond acceptors (Lipinski definition) is 6. The molecular weight excluding hydrogens is 382 g/mol. The summed E-state index contributed by atoms with van der Waals surface area (Å²) in [6.07, 6.45) is 0.306. The average molecular weight is 400 g/mol. The number of nitrogens with zero attached hydrogens (tertiary/aromatic N) is 3. The second kappa shape index (κ2) is 7.52. The molecule has 1 aliphatic rings. The molecule has 0 spiro atoms. The van der Waals surface area contributed by atoms with Crippen LogP contribution in [0.1, 0.15) is 18.2 Å². The van der Waals surface area contributed by atoms with Crippen LogP contribution in [0.3, 0.4) is 0 Å². The summed E-state index contributed by atoms with van der Waals surface area (Å²) in [5.41, 5.74) is 1.48. The van der Waals surface area contributed by atoms with Crippen LogP contribution in [0.5, 0.6) is 11.5 Å². The topological polar surface area (TPSA) is 77.7 Å². The number of aromatic nitrogens is 2. The molecule has 1 unspecified atom stereocenters. The Morgan fingerprint density at radius 3 is 2.79 bits per heavy atom. The maximum Gasteiger partial charge on any atom is 0.258 e. The smallest absolute Gasteiger partial charge is 0.258 e. The lowest BCUT2D eigenvalue weighted by atomic mass is 10.1. The molecule has 1 amide bonds. The van der Waals surface area contributed by atoms with Crippen molar-refractivity contribution in [1.29, 1.82) is 0 Å². The number of ether oxygens (including phenoxy) is 2. The molecule has 0 radical (unpaired) electrons. The molecule has 8 heteroatoms. The van der Waals surface area contributed by atoms with E-state index in [1.54, 1.807) is 31.3 Å². The highest BCUT2D eigenvalue weighted by atomic mass is 35.5. The lowest BCUT2D eigenvalue weighted by molar-refractivity contribution is -0.117. The van der Waals surface area contributed by atoms with E-state index in [9.17, 15) is 4.79 Å². The molecule has 1 fully saturated rings. The molecule has 1 aromatic heterocycles. The summed E-state index contributed by atoms with van der Waals surface area (Å²) in [7, 11) is 3.15. The van der Waals surface area contributed by atoms with Gasteiger partial charge in [0.2, 0.25) is 5.91 Å². The van der Waals surface area contributed by atoms with E-state index in [4.69, 9.17) is 25.6 Å². The fourth-order valence-electron chi connectivity index (χ4n) is 3.23. The average Bonchev–Trinajstić information content (AvgIpc) is 3.35. The van der Waals surface area contributed by atoms with Crippen molar-refractivity contribution in [2.24, 2.45) is 0 Å². The van der Waals surface area contributed by atoms with Crippen LogP contribution in [0.4, 0.5) is 5.69 Å². The number of rotatable bonds is 5. The van der Waals surface area contributed by atoms with Gasteiger partial charge in [-0.1, -0.05) is 22.8 Å². The van der Waals surface area contributed by atoms with Gasteiger partial charge in [0.05, 0.1) is 19.2 Å². The van der Waals surface area contributed by atoms with E-state index in [0.29, 0.717) is 41.2 Å². The van der Waals surface area contributed by atoms with E-state index < -0.39 is 0 Å². The Morgan fingerprint density at radius 1 is 1.18 bits per heavy atom. The van der Waals surface area contributed by atoms with Gasteiger partial charge in [-0.2, -0.15) is 4.98 Å². The third-order valence-electron chi connectivity index (χ3n) is 4.70. The van der Waals surface area contributed by atoms with Crippen LogP contribution in [-0.2, 0) is 4.79 Å². The molecule has 0 aliphatic carbocycles. The minimum atomic E-state index is -0.156. The van der Waals surface area contributed by atoms with Crippen molar-refractivity contribution in [2.45, 2.75) is 12.3 Å². The Labute approximate surface area is 166 Å². The van der Waals surface area contributed by atoms with Crippen molar-refractivity contribution in [1.82, 2.24) is 10.1 Å². The number of amides is 1. The Kier molecular flexibility index (Phi) is 4.92. The largest absolute Gasteiger partial charge is 0.497 e. The number of hydrogen-bond donors (Lipinski definition) is 0. The predicted molar refractivity (Wildman–Crippen MR) is 104 cm³/mol. The van der Waals surface area contributed by atoms with E-state index in [1.807, 2.05) is 30.3 Å². The number of carbonyl (C=O) groups is 1. The van der Waals surface area contributed by atoms with Crippen LogP contribution in [0.2, 0.25) is 5.02 Å². The van der Waals surface area contributed by atoms with Gasteiger partial charge in [0.25, 0.3) is 5.89 Å². The van der Waals surface area contributed by atoms with Crippen molar-refractivity contribution < 1.29 is 18.8 Å². The molecule has 2 heterocycles. The molecule has 28 heavy (non-hydrogen) atoms. The van der Waals surface area contributed by atoms with Gasteiger partial charge < -0.3 is 18.9 Å². The molecule has 1 saturated heterocycles. The Hall–Kier alpha value is -3.06. The Balaban J connectivity index is 1.54. The van der Waals surface area contributed by atoms with Crippen LogP contribution in [0, 0.1) is 0 Å². The third kappa shape index (κ3) is 3.41. The SMILES string of the molecule is COc1cccc(-c2nc(C3CC(=O)N(c4ccc(OC)c(Cl)c4)C3)no2)c1. The van der Waals surface area contributed by atoms with Gasteiger partial charge in [0.15, 0.2) is 5.82 Å². The maximum atomic E-state index is 12.5. The summed E-state index contributed by atoms with van der Waals surface area (Å²) in [5.74, 6) is 2.00. The second-order valence-corrected chi connectivity index (χ2v) is 6.82. The first kappa shape index (κ1) is 18.3. The van der Waals surface area contributed by atoms with E-state index in [0.717, 1.165) is 11.3 Å². The van der Waals surface area contributed by atoms with Crippen LogP contribution in [0.15, 0.2) is 47.0 Å². The lowest BCUT2D eigenvalue weighted by Gasteiger charge is -2.17. The standard InChI is InChI=1S/C20H18ClN3O4/c1-26-15-5-3-4-12(8-15)20-22-19(23-28-20)13-9-18(25)24(11-13)14-6-7-17(27-2)16(21)10-14/h3-8,10,13H,9,11H2,1-2H3. The quantitative estimate of drug-likeness (QED) is 0.647. The lowest BCUT2D eigenvalue weighted by Crippen LogP contribution is -2.24. The number of methoxy groups -OCH3 is 2. The molecule has 7 nitrogen and oxygen atoms in total. The maximum absolute atomic E-state index is 12.5. The number of carbonyl (C=O) groups excluding carboxylic acids is 1. The van der Waals surface area contributed by atoms with Gasteiger partial charge in [-0.05, 0) is 36.4 Å². The monoisotopic (exact) mass is 399 g/mol. The number of benzene rings is 2. The van der Waals surface area contributed by atoms with Crippen molar-refractivity contribution >= 4 is 23.2 Å². The molecule has 144 valence electrons. The minimum Gasteiger partial charge on any atom is -0.497 e. The number of anilines is 1. The first-order valence-corrected chi connectivity index (χ1v) is 9.08. The highest BCUT2D eigenvalue weighted by Crippen LogP contribution is 2.35. The van der Waals surface area contributed by atoms with Gasteiger partial charge in [-0.25, -0.2) is 0 Å². The van der Waals surface area contributed by atoms with Crippen LogP contribution >= 0.6 is 11.6 Å². The number of halogens is 1. The van der Waals surface area contributed by atoms with Crippen LogP contribution in [-0.4, -0.2) is 36.8 Å². The van der Waals surface area contributed by atoms with Crippen molar-refractivity contribution in [3.8, 4) is 23.0 Å². The van der Waals surface area contributed by atoms with Gasteiger partial charge in [0, 0.05) is 30.1 Å². The fourth-order valence-corrected chi connectivity index (χ4v) is 3.48. The normalized spacial score (nSPS) is 16.5.